The van der Waals surface area contributed by atoms with Crippen LogP contribution in [-0.2, 0) is 9.59 Å². The van der Waals surface area contributed by atoms with Gasteiger partial charge in [-0.1, -0.05) is 18.2 Å². The van der Waals surface area contributed by atoms with Crippen molar-refractivity contribution in [3.8, 4) is 17.3 Å². The van der Waals surface area contributed by atoms with E-state index in [0.29, 0.717) is 17.0 Å². The predicted molar refractivity (Wildman–Crippen MR) is 154 cm³/mol. The number of nitrogens with one attached hydrogen (secondary N) is 1. The number of aryl methyl sites for hydroxylation is 2. The van der Waals surface area contributed by atoms with E-state index in [1.54, 1.807) is 24.3 Å². The van der Waals surface area contributed by atoms with Gasteiger partial charge < -0.3 is 9.30 Å². The Balaban J connectivity index is 1.42. The van der Waals surface area contributed by atoms with E-state index < -0.39 is 16.7 Å². The van der Waals surface area contributed by atoms with Crippen LogP contribution in [0.2, 0.25) is 0 Å². The molecule has 200 valence electrons. The van der Waals surface area contributed by atoms with Gasteiger partial charge in [0.15, 0.2) is 5.11 Å². The SMILES string of the molecule is Cc1ccccc1N1C(=O)/C(=C/c2cc(C)n(-c3ccc(Oc4ccc([N+](=O)[O-])cn4)cc3)c2C)C(=O)NC1=S. The molecule has 1 aliphatic rings. The Morgan fingerprint density at radius 2 is 1.75 bits per heavy atom. The maximum absolute atomic E-state index is 13.5. The summed E-state index contributed by atoms with van der Waals surface area (Å²) in [4.78, 5) is 41.9. The van der Waals surface area contributed by atoms with Gasteiger partial charge in [-0.15, -0.1) is 0 Å². The minimum absolute atomic E-state index is 0.0172. The molecule has 10 nitrogen and oxygen atoms in total. The molecule has 1 fully saturated rings. The number of amides is 2. The van der Waals surface area contributed by atoms with Crippen LogP contribution < -0.4 is 15.0 Å². The van der Waals surface area contributed by atoms with Crippen molar-refractivity contribution in [2.75, 3.05) is 4.90 Å². The number of carbonyl (C=O) groups is 2. The lowest BCUT2D eigenvalue weighted by atomic mass is 10.1. The Labute approximate surface area is 234 Å². The Kier molecular flexibility index (Phi) is 6.97. The van der Waals surface area contributed by atoms with E-state index in [1.807, 2.05) is 61.7 Å². The van der Waals surface area contributed by atoms with Crippen LogP contribution >= 0.6 is 12.2 Å². The van der Waals surface area contributed by atoms with E-state index in [1.165, 1.54) is 17.0 Å². The number of carbonyl (C=O) groups excluding carboxylic acids is 2. The first-order valence-corrected chi connectivity index (χ1v) is 12.6. The fourth-order valence-electron chi connectivity index (χ4n) is 4.50. The fourth-order valence-corrected chi connectivity index (χ4v) is 4.78. The molecular formula is C29H23N5O5S. The second kappa shape index (κ2) is 10.5. The van der Waals surface area contributed by atoms with Gasteiger partial charge in [-0.2, -0.15) is 0 Å². The first-order chi connectivity index (χ1) is 19.1. The number of thiocarbonyl (C=S) groups is 1. The number of anilines is 1. The van der Waals surface area contributed by atoms with Crippen LogP contribution in [0.5, 0.6) is 11.6 Å². The maximum atomic E-state index is 13.5. The summed E-state index contributed by atoms with van der Waals surface area (Å²) in [5.41, 5.74) is 4.59. The number of nitrogens with zero attached hydrogens (tertiary/aromatic N) is 4. The molecule has 2 aromatic heterocycles. The number of rotatable bonds is 6. The number of hydrogen-bond donors (Lipinski definition) is 1. The second-order valence-corrected chi connectivity index (χ2v) is 9.50. The zero-order valence-electron chi connectivity index (χ0n) is 21.7. The normalized spacial score (nSPS) is 14.4. The number of hydrogen-bond acceptors (Lipinski definition) is 7. The molecule has 1 N–H and O–H groups in total. The molecule has 4 aromatic rings. The highest BCUT2D eigenvalue weighted by molar-refractivity contribution is 7.80. The predicted octanol–water partition coefficient (Wildman–Crippen LogP) is 5.33. The van der Waals surface area contributed by atoms with E-state index in [0.717, 1.165) is 28.8 Å². The summed E-state index contributed by atoms with van der Waals surface area (Å²) in [5, 5.41) is 13.5. The number of ether oxygens (including phenoxy) is 1. The minimum Gasteiger partial charge on any atom is -0.439 e. The molecule has 0 aliphatic carbocycles. The van der Waals surface area contributed by atoms with E-state index in [4.69, 9.17) is 17.0 Å². The van der Waals surface area contributed by atoms with Crippen molar-refractivity contribution >= 4 is 46.6 Å². The van der Waals surface area contributed by atoms with Gasteiger partial charge >= 0.3 is 0 Å². The molecule has 1 aliphatic heterocycles. The van der Waals surface area contributed by atoms with E-state index >= 15 is 0 Å². The van der Waals surface area contributed by atoms with Crippen molar-refractivity contribution in [2.45, 2.75) is 20.8 Å². The van der Waals surface area contributed by atoms with Crippen LogP contribution in [0.15, 0.2) is 78.5 Å². The van der Waals surface area contributed by atoms with Gasteiger partial charge in [0, 0.05) is 29.2 Å². The monoisotopic (exact) mass is 553 g/mol. The summed E-state index contributed by atoms with van der Waals surface area (Å²) in [7, 11) is 0. The van der Waals surface area contributed by atoms with Crippen molar-refractivity contribution in [3.05, 3.63) is 111 Å². The third-order valence-corrected chi connectivity index (χ3v) is 6.76. The molecule has 40 heavy (non-hydrogen) atoms. The highest BCUT2D eigenvalue weighted by atomic mass is 32.1. The number of nitro groups is 1. The van der Waals surface area contributed by atoms with Crippen LogP contribution in [-0.4, -0.2) is 31.4 Å². The third-order valence-electron chi connectivity index (χ3n) is 6.48. The largest absolute Gasteiger partial charge is 0.439 e. The summed E-state index contributed by atoms with van der Waals surface area (Å²) in [6.07, 6.45) is 2.72. The van der Waals surface area contributed by atoms with Gasteiger partial charge in [0.2, 0.25) is 5.88 Å². The molecule has 0 atom stereocenters. The zero-order chi connectivity index (χ0) is 28.6. The lowest BCUT2D eigenvalue weighted by Crippen LogP contribution is -2.54. The smallest absolute Gasteiger partial charge is 0.287 e. The molecule has 0 radical (unpaired) electrons. The Morgan fingerprint density at radius 1 is 1.02 bits per heavy atom. The molecule has 0 bridgehead atoms. The molecule has 0 spiro atoms. The average molecular weight is 554 g/mol. The first kappa shape index (κ1) is 26.4. The minimum atomic E-state index is -0.550. The summed E-state index contributed by atoms with van der Waals surface area (Å²) in [6.45, 7) is 5.70. The second-order valence-electron chi connectivity index (χ2n) is 9.11. The fraction of sp³-hybridized carbons (Fsp3) is 0.103. The standard InChI is InChI=1S/C29H23N5O5S/c1-17-6-4-5-7-25(17)33-28(36)24(27(35)31-29(33)40)15-20-14-18(2)32(19(20)3)21-8-11-23(12-9-21)39-26-13-10-22(16-30-26)34(37)38/h4-16H,1-3H3,(H,31,35,40)/b24-15+. The van der Waals surface area contributed by atoms with E-state index in [2.05, 4.69) is 10.3 Å². The average Bonchev–Trinajstić information content (AvgIpc) is 3.20. The van der Waals surface area contributed by atoms with Crippen LogP contribution in [0.25, 0.3) is 11.8 Å². The molecule has 11 heteroatoms. The highest BCUT2D eigenvalue weighted by Crippen LogP contribution is 2.29. The Hall–Kier alpha value is -5.16. The van der Waals surface area contributed by atoms with Crippen LogP contribution in [0.1, 0.15) is 22.5 Å². The number of benzene rings is 2. The van der Waals surface area contributed by atoms with Gasteiger partial charge in [0.1, 0.15) is 17.5 Å². The molecule has 5 rings (SSSR count). The topological polar surface area (TPSA) is 120 Å². The summed E-state index contributed by atoms with van der Waals surface area (Å²) in [6, 6.07) is 19.2. The number of para-hydroxylation sites is 1. The first-order valence-electron chi connectivity index (χ1n) is 12.2. The third kappa shape index (κ3) is 4.97. The van der Waals surface area contributed by atoms with Crippen LogP contribution in [0.3, 0.4) is 0 Å². The van der Waals surface area contributed by atoms with Crippen molar-refractivity contribution in [1.82, 2.24) is 14.9 Å². The van der Waals surface area contributed by atoms with Gasteiger partial charge in [0.05, 0.1) is 10.6 Å². The zero-order valence-corrected chi connectivity index (χ0v) is 22.6. The molecule has 2 amide bonds. The van der Waals surface area contributed by atoms with E-state index in [9.17, 15) is 19.7 Å². The summed E-state index contributed by atoms with van der Waals surface area (Å²) < 4.78 is 7.70. The van der Waals surface area contributed by atoms with Gasteiger partial charge in [-0.05, 0) is 86.6 Å². The van der Waals surface area contributed by atoms with Crippen molar-refractivity contribution in [1.29, 1.82) is 0 Å². The Bertz CT molecular complexity index is 1710. The quantitative estimate of drug-likeness (QED) is 0.113. The van der Waals surface area contributed by atoms with Crippen molar-refractivity contribution in [3.63, 3.8) is 0 Å². The molecular weight excluding hydrogens is 530 g/mol. The number of aromatic nitrogens is 2. The maximum Gasteiger partial charge on any atom is 0.287 e. The highest BCUT2D eigenvalue weighted by Gasteiger charge is 2.35. The lowest BCUT2D eigenvalue weighted by molar-refractivity contribution is -0.385. The molecule has 3 heterocycles. The van der Waals surface area contributed by atoms with Crippen LogP contribution in [0.4, 0.5) is 11.4 Å². The van der Waals surface area contributed by atoms with Crippen molar-refractivity contribution < 1.29 is 19.2 Å². The Morgan fingerprint density at radius 3 is 2.40 bits per heavy atom. The number of pyridine rings is 1. The summed E-state index contributed by atoms with van der Waals surface area (Å²) >= 11 is 5.32. The lowest BCUT2D eigenvalue weighted by Gasteiger charge is -2.30. The molecule has 0 saturated carbocycles. The molecule has 0 unspecified atom stereocenters. The van der Waals surface area contributed by atoms with Crippen LogP contribution in [0, 0.1) is 30.9 Å². The van der Waals surface area contributed by atoms with E-state index in [-0.39, 0.29) is 22.3 Å². The van der Waals surface area contributed by atoms with Gasteiger partial charge in [-0.3, -0.25) is 29.9 Å². The summed E-state index contributed by atoms with van der Waals surface area (Å²) in [5.74, 6) is -0.304. The van der Waals surface area contributed by atoms with Gasteiger partial charge in [-0.25, -0.2) is 4.98 Å². The van der Waals surface area contributed by atoms with Gasteiger partial charge in [0.25, 0.3) is 17.5 Å². The molecule has 1 saturated heterocycles. The molecule has 2 aromatic carbocycles. The van der Waals surface area contributed by atoms with Crippen molar-refractivity contribution in [2.24, 2.45) is 0 Å².